The Bertz CT molecular complexity index is 922. The molecule has 28 heavy (non-hydrogen) atoms. The second-order valence-corrected chi connectivity index (χ2v) is 6.94. The van der Waals surface area contributed by atoms with Gasteiger partial charge in [-0.2, -0.15) is 0 Å². The van der Waals surface area contributed by atoms with Crippen LogP contribution in [0, 0.1) is 0 Å². The van der Waals surface area contributed by atoms with Crippen LogP contribution in [0.15, 0.2) is 60.7 Å². The molecule has 2 aromatic carbocycles. The molecular formula is C22H23N3O3. The summed E-state index contributed by atoms with van der Waals surface area (Å²) in [5.41, 5.74) is 3.59. The van der Waals surface area contributed by atoms with Crippen LogP contribution in [0.25, 0.3) is 0 Å². The first kappa shape index (κ1) is 19.4. The monoisotopic (exact) mass is 377 g/mol. The number of carbonyl (C=O) groups excluding carboxylic acids is 3. The summed E-state index contributed by atoms with van der Waals surface area (Å²) >= 11 is 0. The highest BCUT2D eigenvalue weighted by Crippen LogP contribution is 2.19. The Morgan fingerprint density at radius 3 is 2.64 bits per heavy atom. The molecule has 0 aliphatic carbocycles. The third-order valence-electron chi connectivity index (χ3n) is 4.45. The second-order valence-electron chi connectivity index (χ2n) is 6.94. The summed E-state index contributed by atoms with van der Waals surface area (Å²) in [6.45, 7) is 6.86. The van der Waals surface area contributed by atoms with Crippen molar-refractivity contribution < 1.29 is 14.4 Å². The van der Waals surface area contributed by atoms with Crippen LogP contribution in [0.3, 0.4) is 0 Å². The number of amides is 3. The van der Waals surface area contributed by atoms with Gasteiger partial charge in [0.05, 0.1) is 0 Å². The molecule has 1 aliphatic heterocycles. The number of rotatable bonds is 5. The van der Waals surface area contributed by atoms with E-state index in [1.807, 2.05) is 43.3 Å². The summed E-state index contributed by atoms with van der Waals surface area (Å²) in [5, 5.41) is 5.38. The Morgan fingerprint density at radius 2 is 1.93 bits per heavy atom. The van der Waals surface area contributed by atoms with Crippen LogP contribution < -0.4 is 10.6 Å². The molecule has 6 nitrogen and oxygen atoms in total. The summed E-state index contributed by atoms with van der Waals surface area (Å²) in [6, 6.07) is 14.6. The molecule has 0 unspecified atom stereocenters. The van der Waals surface area contributed by atoms with Gasteiger partial charge in [0.15, 0.2) is 0 Å². The Balaban J connectivity index is 1.74. The topological polar surface area (TPSA) is 78.5 Å². The quantitative estimate of drug-likeness (QED) is 0.621. The van der Waals surface area contributed by atoms with E-state index in [1.165, 1.54) is 4.90 Å². The molecule has 144 valence electrons. The zero-order valence-electron chi connectivity index (χ0n) is 15.8. The van der Waals surface area contributed by atoms with E-state index < -0.39 is 11.8 Å². The van der Waals surface area contributed by atoms with E-state index in [4.69, 9.17) is 0 Å². The standard InChI is InChI=1S/C22H23N3O3/c1-15(2)13-25(14-16-6-4-3-5-7-16)22(28)21(27)24-18-9-8-17-10-11-23-20(26)19(17)12-18/h3-9,12H,1,10-11,13-14H2,2H3,(H,23,26)(H,24,27). The molecule has 3 amide bonds. The minimum atomic E-state index is -0.742. The molecule has 2 N–H and O–H groups in total. The molecule has 0 radical (unpaired) electrons. The van der Waals surface area contributed by atoms with Crippen molar-refractivity contribution in [2.24, 2.45) is 0 Å². The largest absolute Gasteiger partial charge is 0.352 e. The fraction of sp³-hybridized carbons (Fsp3) is 0.227. The first-order valence-corrected chi connectivity index (χ1v) is 9.13. The van der Waals surface area contributed by atoms with E-state index >= 15 is 0 Å². The summed E-state index contributed by atoms with van der Waals surface area (Å²) in [6.07, 6.45) is 0.748. The molecule has 1 heterocycles. The number of anilines is 1. The number of carbonyl (C=O) groups is 3. The number of nitrogens with one attached hydrogen (secondary N) is 2. The predicted octanol–water partition coefficient (Wildman–Crippen LogP) is 2.52. The highest BCUT2D eigenvalue weighted by atomic mass is 16.2. The summed E-state index contributed by atoms with van der Waals surface area (Å²) in [4.78, 5) is 38.7. The fourth-order valence-corrected chi connectivity index (χ4v) is 3.15. The van der Waals surface area contributed by atoms with Crippen LogP contribution in [-0.4, -0.2) is 35.7 Å². The highest BCUT2D eigenvalue weighted by Gasteiger charge is 2.23. The predicted molar refractivity (Wildman–Crippen MR) is 108 cm³/mol. The molecule has 0 aromatic heterocycles. The first-order valence-electron chi connectivity index (χ1n) is 9.13. The van der Waals surface area contributed by atoms with Crippen molar-refractivity contribution in [1.82, 2.24) is 10.2 Å². The van der Waals surface area contributed by atoms with Gasteiger partial charge in [0.25, 0.3) is 5.91 Å². The third-order valence-corrected chi connectivity index (χ3v) is 4.45. The third kappa shape index (κ3) is 4.65. The van der Waals surface area contributed by atoms with E-state index in [2.05, 4.69) is 17.2 Å². The van der Waals surface area contributed by atoms with Gasteiger partial charge in [-0.3, -0.25) is 14.4 Å². The maximum absolute atomic E-state index is 12.7. The lowest BCUT2D eigenvalue weighted by molar-refractivity contribution is -0.143. The summed E-state index contributed by atoms with van der Waals surface area (Å²) in [7, 11) is 0. The number of benzene rings is 2. The lowest BCUT2D eigenvalue weighted by Crippen LogP contribution is -2.40. The van der Waals surface area contributed by atoms with Crippen molar-refractivity contribution in [2.75, 3.05) is 18.4 Å². The Labute approximate surface area is 164 Å². The van der Waals surface area contributed by atoms with Gasteiger partial charge < -0.3 is 15.5 Å². The van der Waals surface area contributed by atoms with Crippen molar-refractivity contribution in [2.45, 2.75) is 19.9 Å². The normalized spacial score (nSPS) is 12.5. The lowest BCUT2D eigenvalue weighted by atomic mass is 10.00. The molecule has 0 bridgehead atoms. The molecule has 0 atom stereocenters. The summed E-state index contributed by atoms with van der Waals surface area (Å²) in [5.74, 6) is -1.56. The van der Waals surface area contributed by atoms with Crippen molar-refractivity contribution in [1.29, 1.82) is 0 Å². The van der Waals surface area contributed by atoms with E-state index in [-0.39, 0.29) is 12.5 Å². The molecule has 2 aromatic rings. The van der Waals surface area contributed by atoms with Gasteiger partial charge >= 0.3 is 11.8 Å². The molecule has 0 saturated carbocycles. The number of hydrogen-bond donors (Lipinski definition) is 2. The maximum Gasteiger partial charge on any atom is 0.313 e. The van der Waals surface area contributed by atoms with Crippen LogP contribution >= 0.6 is 0 Å². The van der Waals surface area contributed by atoms with Crippen molar-refractivity contribution in [3.8, 4) is 0 Å². The van der Waals surface area contributed by atoms with E-state index in [0.29, 0.717) is 24.3 Å². The lowest BCUT2D eigenvalue weighted by Gasteiger charge is -2.23. The fourth-order valence-electron chi connectivity index (χ4n) is 3.15. The van der Waals surface area contributed by atoms with E-state index in [0.717, 1.165) is 23.1 Å². The van der Waals surface area contributed by atoms with Gasteiger partial charge in [-0.05, 0) is 36.6 Å². The van der Waals surface area contributed by atoms with Gasteiger partial charge in [-0.15, -0.1) is 0 Å². The van der Waals surface area contributed by atoms with E-state index in [9.17, 15) is 14.4 Å². The highest BCUT2D eigenvalue weighted by molar-refractivity contribution is 6.39. The Morgan fingerprint density at radius 1 is 1.18 bits per heavy atom. The molecule has 6 heteroatoms. The zero-order valence-corrected chi connectivity index (χ0v) is 15.8. The van der Waals surface area contributed by atoms with Crippen molar-refractivity contribution in [3.63, 3.8) is 0 Å². The average molecular weight is 377 g/mol. The number of nitrogens with zero attached hydrogens (tertiary/aromatic N) is 1. The van der Waals surface area contributed by atoms with Crippen LogP contribution in [-0.2, 0) is 22.6 Å². The van der Waals surface area contributed by atoms with Gasteiger partial charge in [-0.1, -0.05) is 48.6 Å². The van der Waals surface area contributed by atoms with Crippen molar-refractivity contribution in [3.05, 3.63) is 77.4 Å². The van der Waals surface area contributed by atoms with Gasteiger partial charge in [-0.25, -0.2) is 0 Å². The number of hydrogen-bond acceptors (Lipinski definition) is 3. The minimum Gasteiger partial charge on any atom is -0.352 e. The van der Waals surface area contributed by atoms with Crippen LogP contribution in [0.4, 0.5) is 5.69 Å². The Kier molecular flexibility index (Phi) is 5.89. The SMILES string of the molecule is C=C(C)CN(Cc1ccccc1)C(=O)C(=O)Nc1ccc2c(c1)C(=O)NCC2. The van der Waals surface area contributed by atoms with Crippen LogP contribution in [0.2, 0.25) is 0 Å². The van der Waals surface area contributed by atoms with Gasteiger partial charge in [0.2, 0.25) is 0 Å². The molecule has 0 saturated heterocycles. The second kappa shape index (κ2) is 8.52. The van der Waals surface area contributed by atoms with Crippen LogP contribution in [0.5, 0.6) is 0 Å². The minimum absolute atomic E-state index is 0.170. The van der Waals surface area contributed by atoms with Crippen LogP contribution in [0.1, 0.15) is 28.4 Å². The van der Waals surface area contributed by atoms with Gasteiger partial charge in [0, 0.05) is 30.9 Å². The summed E-state index contributed by atoms with van der Waals surface area (Å²) < 4.78 is 0. The average Bonchev–Trinajstić information content (AvgIpc) is 2.68. The van der Waals surface area contributed by atoms with Crippen molar-refractivity contribution >= 4 is 23.4 Å². The molecular weight excluding hydrogens is 354 g/mol. The molecule has 0 fully saturated rings. The molecule has 3 rings (SSSR count). The van der Waals surface area contributed by atoms with Gasteiger partial charge in [0.1, 0.15) is 0 Å². The first-order chi connectivity index (χ1) is 13.4. The molecule has 0 spiro atoms. The zero-order chi connectivity index (χ0) is 20.1. The number of fused-ring (bicyclic) bond motifs is 1. The Hall–Kier alpha value is -3.41. The molecule has 1 aliphatic rings. The smallest absolute Gasteiger partial charge is 0.313 e. The maximum atomic E-state index is 12.7. The van der Waals surface area contributed by atoms with E-state index in [1.54, 1.807) is 12.1 Å².